The summed E-state index contributed by atoms with van der Waals surface area (Å²) in [4.78, 5) is 0. The van der Waals surface area contributed by atoms with Gasteiger partial charge in [-0.1, -0.05) is 59.2 Å². The third-order valence-corrected chi connectivity index (χ3v) is 8.24. The van der Waals surface area contributed by atoms with Gasteiger partial charge in [0.1, 0.15) is 0 Å². The molecule has 0 saturated carbocycles. The molecule has 1 heteroatoms. The Morgan fingerprint density at radius 3 is 2.00 bits per heavy atom. The second kappa shape index (κ2) is 3.17. The van der Waals surface area contributed by atoms with Gasteiger partial charge in [0.2, 0.25) is 0 Å². The Bertz CT molecular complexity index is 153. The molecular formula is C11H24Si. The summed E-state index contributed by atoms with van der Waals surface area (Å²) in [6, 6.07) is 1.56. The summed E-state index contributed by atoms with van der Waals surface area (Å²) in [5.74, 6) is 0. The van der Waals surface area contributed by atoms with E-state index in [1.165, 1.54) is 19.3 Å². The smallest absolute Gasteiger partial charge is 0.0510 e. The van der Waals surface area contributed by atoms with Crippen LogP contribution in [0.25, 0.3) is 0 Å². The molecule has 1 rings (SSSR count). The minimum atomic E-state index is -0.855. The molecule has 12 heavy (non-hydrogen) atoms. The molecule has 1 saturated heterocycles. The molecule has 0 aliphatic carbocycles. The molecule has 0 aromatic carbocycles. The minimum Gasteiger partial charge on any atom is -0.0691 e. The fourth-order valence-electron chi connectivity index (χ4n) is 3.10. The molecular weight excluding hydrogens is 160 g/mol. The third-order valence-electron chi connectivity index (χ3n) is 3.55. The first-order valence-electron chi connectivity index (χ1n) is 5.34. The van der Waals surface area contributed by atoms with Crippen molar-refractivity contribution in [2.24, 2.45) is 5.41 Å². The molecule has 0 amide bonds. The van der Waals surface area contributed by atoms with Crippen LogP contribution in [0.2, 0.25) is 24.7 Å². The minimum absolute atomic E-state index is 0.566. The van der Waals surface area contributed by atoms with Crippen molar-refractivity contribution in [3.05, 3.63) is 0 Å². The highest BCUT2D eigenvalue weighted by Gasteiger charge is 2.40. The van der Waals surface area contributed by atoms with Crippen LogP contribution in [0, 0.1) is 5.41 Å². The van der Waals surface area contributed by atoms with Crippen LogP contribution in [0.5, 0.6) is 0 Å². The highest BCUT2D eigenvalue weighted by atomic mass is 28.3. The lowest BCUT2D eigenvalue weighted by molar-refractivity contribution is 0.338. The summed E-state index contributed by atoms with van der Waals surface area (Å²) in [5, 5.41) is 0. The Morgan fingerprint density at radius 2 is 1.67 bits per heavy atom. The normalized spacial score (nSPS) is 30.2. The van der Waals surface area contributed by atoms with E-state index in [4.69, 9.17) is 0 Å². The predicted octanol–water partition coefficient (Wildman–Crippen LogP) is 4.30. The lowest BCUT2D eigenvalue weighted by atomic mass is 9.88. The second-order valence-corrected chi connectivity index (χ2v) is 11.3. The lowest BCUT2D eigenvalue weighted by Crippen LogP contribution is -2.41. The average Bonchev–Trinajstić information content (AvgIpc) is 1.83. The van der Waals surface area contributed by atoms with E-state index in [-0.39, 0.29) is 0 Å². The number of hydrogen-bond acceptors (Lipinski definition) is 0. The maximum Gasteiger partial charge on any atom is 0.0510 e. The van der Waals surface area contributed by atoms with Crippen LogP contribution < -0.4 is 0 Å². The fourth-order valence-corrected chi connectivity index (χ4v) is 7.94. The maximum atomic E-state index is 2.59. The average molecular weight is 184 g/mol. The van der Waals surface area contributed by atoms with Crippen molar-refractivity contribution >= 4 is 8.07 Å². The van der Waals surface area contributed by atoms with E-state index in [9.17, 15) is 0 Å². The Morgan fingerprint density at radius 1 is 1.08 bits per heavy atom. The van der Waals surface area contributed by atoms with Gasteiger partial charge >= 0.3 is 0 Å². The van der Waals surface area contributed by atoms with Gasteiger partial charge in [0.15, 0.2) is 0 Å². The van der Waals surface area contributed by atoms with Gasteiger partial charge in [-0.15, -0.1) is 0 Å². The van der Waals surface area contributed by atoms with Crippen LogP contribution in [0.1, 0.15) is 40.0 Å². The zero-order valence-electron chi connectivity index (χ0n) is 9.41. The molecule has 1 aliphatic heterocycles. The molecule has 0 nitrogen and oxygen atoms in total. The fraction of sp³-hybridized carbons (Fsp3) is 1.00. The van der Waals surface area contributed by atoms with Crippen LogP contribution in [-0.2, 0) is 0 Å². The SMILES string of the molecule is CC(C)(C)C1CCCC[Si]1(C)C. The van der Waals surface area contributed by atoms with Crippen molar-refractivity contribution in [2.45, 2.75) is 64.7 Å². The van der Waals surface area contributed by atoms with Crippen LogP contribution in [-0.4, -0.2) is 8.07 Å². The zero-order valence-corrected chi connectivity index (χ0v) is 10.4. The molecule has 72 valence electrons. The van der Waals surface area contributed by atoms with E-state index in [1.807, 2.05) is 0 Å². The maximum absolute atomic E-state index is 2.59. The summed E-state index contributed by atoms with van der Waals surface area (Å²) in [6.07, 6.45) is 4.49. The molecule has 0 aromatic heterocycles. The van der Waals surface area contributed by atoms with Gasteiger partial charge in [-0.3, -0.25) is 0 Å². The molecule has 0 bridgehead atoms. The molecule has 1 heterocycles. The third kappa shape index (κ3) is 2.12. The van der Waals surface area contributed by atoms with Gasteiger partial charge in [0, 0.05) is 0 Å². The van der Waals surface area contributed by atoms with E-state index in [1.54, 1.807) is 6.04 Å². The molecule has 0 radical (unpaired) electrons. The van der Waals surface area contributed by atoms with E-state index >= 15 is 0 Å². The van der Waals surface area contributed by atoms with Gasteiger partial charge < -0.3 is 0 Å². The largest absolute Gasteiger partial charge is 0.0691 e. The van der Waals surface area contributed by atoms with Crippen molar-refractivity contribution in [1.82, 2.24) is 0 Å². The topological polar surface area (TPSA) is 0 Å². The Balaban J connectivity index is 2.73. The van der Waals surface area contributed by atoms with Gasteiger partial charge in [-0.25, -0.2) is 0 Å². The van der Waals surface area contributed by atoms with Crippen LogP contribution in [0.3, 0.4) is 0 Å². The lowest BCUT2D eigenvalue weighted by Gasteiger charge is -2.45. The van der Waals surface area contributed by atoms with Crippen LogP contribution >= 0.6 is 0 Å². The van der Waals surface area contributed by atoms with E-state index < -0.39 is 8.07 Å². The summed E-state index contributed by atoms with van der Waals surface area (Å²) in [5.41, 5.74) is 1.62. The molecule has 0 N–H and O–H groups in total. The Hall–Kier alpha value is 0.217. The first-order chi connectivity index (χ1) is 5.34. The van der Waals surface area contributed by atoms with Crippen LogP contribution in [0.15, 0.2) is 0 Å². The molecule has 1 unspecified atom stereocenters. The first kappa shape index (κ1) is 10.3. The van der Waals surface area contributed by atoms with Gasteiger partial charge in [-0.05, 0) is 11.0 Å². The van der Waals surface area contributed by atoms with Crippen molar-refractivity contribution in [1.29, 1.82) is 0 Å². The first-order valence-corrected chi connectivity index (χ1v) is 8.62. The molecule has 1 fully saturated rings. The monoisotopic (exact) mass is 184 g/mol. The van der Waals surface area contributed by atoms with Crippen molar-refractivity contribution in [2.75, 3.05) is 0 Å². The Kier molecular flexibility index (Phi) is 2.72. The zero-order chi connectivity index (χ0) is 9.41. The van der Waals surface area contributed by atoms with E-state index in [2.05, 4.69) is 33.9 Å². The van der Waals surface area contributed by atoms with E-state index in [0.717, 1.165) is 5.54 Å². The van der Waals surface area contributed by atoms with Gasteiger partial charge in [-0.2, -0.15) is 0 Å². The van der Waals surface area contributed by atoms with Crippen molar-refractivity contribution < 1.29 is 0 Å². The number of hydrogen-bond donors (Lipinski definition) is 0. The highest BCUT2D eigenvalue weighted by molar-refractivity contribution is 6.79. The van der Waals surface area contributed by atoms with Gasteiger partial charge in [0.05, 0.1) is 8.07 Å². The molecule has 0 aromatic rings. The molecule has 1 atom stereocenters. The summed E-state index contributed by atoms with van der Waals surface area (Å²) in [6.45, 7) is 12.5. The van der Waals surface area contributed by atoms with Crippen LogP contribution in [0.4, 0.5) is 0 Å². The number of rotatable bonds is 0. The Labute approximate surface area is 78.8 Å². The quantitative estimate of drug-likeness (QED) is 0.493. The predicted molar refractivity (Wildman–Crippen MR) is 59.3 cm³/mol. The second-order valence-electron chi connectivity index (χ2n) is 6.15. The van der Waals surface area contributed by atoms with E-state index in [0.29, 0.717) is 5.41 Å². The van der Waals surface area contributed by atoms with Crippen molar-refractivity contribution in [3.8, 4) is 0 Å². The summed E-state index contributed by atoms with van der Waals surface area (Å²) >= 11 is 0. The standard InChI is InChI=1S/C11H24Si/c1-11(2,3)10-8-6-7-9-12(10,4)5/h10H,6-9H2,1-5H3. The highest BCUT2D eigenvalue weighted by Crippen LogP contribution is 2.48. The summed E-state index contributed by atoms with van der Waals surface area (Å²) < 4.78 is 0. The van der Waals surface area contributed by atoms with Crippen molar-refractivity contribution in [3.63, 3.8) is 0 Å². The van der Waals surface area contributed by atoms with Gasteiger partial charge in [0.25, 0.3) is 0 Å². The molecule has 0 spiro atoms. The molecule has 1 aliphatic rings. The summed E-state index contributed by atoms with van der Waals surface area (Å²) in [7, 11) is -0.855.